The molecular formula is C42H25N3S3. The van der Waals surface area contributed by atoms with Crippen molar-refractivity contribution in [2.75, 3.05) is 0 Å². The predicted octanol–water partition coefficient (Wildman–Crippen LogP) is 12.2. The normalized spacial score (nSPS) is 13.6. The van der Waals surface area contributed by atoms with Gasteiger partial charge in [-0.3, -0.25) is 0 Å². The third-order valence-corrected chi connectivity index (χ3v) is 12.7. The lowest BCUT2D eigenvalue weighted by atomic mass is 9.88. The summed E-state index contributed by atoms with van der Waals surface area (Å²) in [5.41, 5.74) is 12.3. The minimum absolute atomic E-state index is 0.151. The first-order chi connectivity index (χ1) is 23.8. The number of nitrogens with zero attached hydrogens (tertiary/aromatic N) is 3. The average molecular weight is 668 g/mol. The molecule has 0 amide bonds. The molecule has 0 spiro atoms. The van der Waals surface area contributed by atoms with Crippen molar-refractivity contribution < 1.29 is 0 Å². The van der Waals surface area contributed by atoms with Crippen LogP contribution in [0.1, 0.15) is 22.6 Å². The van der Waals surface area contributed by atoms with Crippen molar-refractivity contribution in [2.45, 2.75) is 5.92 Å². The summed E-state index contributed by atoms with van der Waals surface area (Å²) < 4.78 is 2.66. The van der Waals surface area contributed by atoms with E-state index in [0.29, 0.717) is 17.5 Å². The second kappa shape index (κ2) is 11.2. The Morgan fingerprint density at radius 2 is 0.958 bits per heavy atom. The van der Waals surface area contributed by atoms with E-state index in [9.17, 15) is 0 Å². The molecule has 0 radical (unpaired) electrons. The van der Waals surface area contributed by atoms with Gasteiger partial charge in [0, 0.05) is 38.8 Å². The highest BCUT2D eigenvalue weighted by Crippen LogP contribution is 2.55. The molecule has 0 saturated heterocycles. The van der Waals surface area contributed by atoms with Gasteiger partial charge in [0.2, 0.25) is 0 Å². The summed E-state index contributed by atoms with van der Waals surface area (Å²) in [6.07, 6.45) is 0. The molecule has 3 nitrogen and oxygen atoms in total. The summed E-state index contributed by atoms with van der Waals surface area (Å²) in [6, 6.07) is 47.1. The first kappa shape index (κ1) is 27.8. The Kier molecular flexibility index (Phi) is 6.47. The van der Waals surface area contributed by atoms with Gasteiger partial charge in [-0.25, -0.2) is 15.0 Å². The van der Waals surface area contributed by atoms with Gasteiger partial charge in [0.15, 0.2) is 17.5 Å². The Morgan fingerprint density at radius 1 is 0.396 bits per heavy atom. The Balaban J connectivity index is 1.18. The minimum Gasteiger partial charge on any atom is -0.208 e. The molecule has 0 saturated carbocycles. The molecule has 0 aliphatic heterocycles. The molecule has 0 N–H and O–H groups in total. The van der Waals surface area contributed by atoms with E-state index in [1.807, 2.05) is 59.1 Å². The number of rotatable bonds is 5. The van der Waals surface area contributed by atoms with E-state index >= 15 is 0 Å². The molecule has 1 atom stereocenters. The third-order valence-electron chi connectivity index (χ3n) is 9.26. The fourth-order valence-electron chi connectivity index (χ4n) is 7.06. The number of benzene rings is 5. The van der Waals surface area contributed by atoms with E-state index in [1.165, 1.54) is 57.7 Å². The zero-order valence-corrected chi connectivity index (χ0v) is 27.9. The van der Waals surface area contributed by atoms with Crippen LogP contribution < -0.4 is 0 Å². The topological polar surface area (TPSA) is 38.7 Å². The van der Waals surface area contributed by atoms with Crippen LogP contribution in [0.2, 0.25) is 0 Å². The first-order valence-corrected chi connectivity index (χ1v) is 18.4. The van der Waals surface area contributed by atoms with Gasteiger partial charge in [-0.2, -0.15) is 0 Å². The Bertz CT molecular complexity index is 2560. The van der Waals surface area contributed by atoms with Crippen molar-refractivity contribution in [3.63, 3.8) is 0 Å². The summed E-state index contributed by atoms with van der Waals surface area (Å²) in [6.45, 7) is 0. The van der Waals surface area contributed by atoms with Crippen molar-refractivity contribution in [1.29, 1.82) is 0 Å². The molecule has 226 valence electrons. The van der Waals surface area contributed by atoms with Crippen molar-refractivity contribution in [3.05, 3.63) is 161 Å². The van der Waals surface area contributed by atoms with Gasteiger partial charge in [0.1, 0.15) is 0 Å². The van der Waals surface area contributed by atoms with Gasteiger partial charge >= 0.3 is 0 Å². The highest BCUT2D eigenvalue weighted by molar-refractivity contribution is 7.48. The fourth-order valence-corrected chi connectivity index (χ4v) is 10.8. The van der Waals surface area contributed by atoms with Crippen LogP contribution in [0.4, 0.5) is 0 Å². The van der Waals surface area contributed by atoms with Crippen molar-refractivity contribution in [2.24, 2.45) is 0 Å². The highest BCUT2D eigenvalue weighted by Gasteiger charge is 2.33. The lowest BCUT2D eigenvalue weighted by Crippen LogP contribution is -2.00. The summed E-state index contributed by atoms with van der Waals surface area (Å²) in [7, 11) is 0. The first-order valence-electron chi connectivity index (χ1n) is 15.9. The fraction of sp³-hybridized carbons (Fsp3) is 0.0238. The summed E-state index contributed by atoms with van der Waals surface area (Å²) in [5, 5.41) is 7.22. The second-order valence-electron chi connectivity index (χ2n) is 12.0. The molecule has 1 aliphatic rings. The monoisotopic (exact) mass is 667 g/mol. The van der Waals surface area contributed by atoms with Gasteiger partial charge in [0.25, 0.3) is 0 Å². The quantitative estimate of drug-likeness (QED) is 0.183. The smallest absolute Gasteiger partial charge is 0.165 e. The number of hydrogen-bond acceptors (Lipinski definition) is 6. The lowest BCUT2D eigenvalue weighted by Gasteiger charge is -2.14. The largest absolute Gasteiger partial charge is 0.208 e. The molecule has 1 aliphatic carbocycles. The van der Waals surface area contributed by atoms with Crippen LogP contribution >= 0.6 is 34.0 Å². The number of fused-ring (bicyclic) bond motifs is 6. The molecule has 4 heterocycles. The van der Waals surface area contributed by atoms with Gasteiger partial charge in [-0.15, -0.1) is 34.0 Å². The summed E-state index contributed by atoms with van der Waals surface area (Å²) in [5.74, 6) is 2.23. The zero-order chi connectivity index (χ0) is 31.6. The SMILES string of the molecule is c1ccc(-c2ccc3c(c2)-c2ccccc2C3c2csc3sc4scc(-c5nc(-c6ccccc6)nc(-c6ccccc6)n5)c4c23)cc1. The van der Waals surface area contributed by atoms with Gasteiger partial charge in [-0.05, 0) is 50.4 Å². The van der Waals surface area contributed by atoms with Crippen LogP contribution in [0, 0.1) is 0 Å². The Morgan fingerprint density at radius 3 is 1.67 bits per heavy atom. The molecule has 9 aromatic rings. The van der Waals surface area contributed by atoms with Crippen LogP contribution in [-0.2, 0) is 0 Å². The van der Waals surface area contributed by atoms with Crippen LogP contribution in [-0.4, -0.2) is 15.0 Å². The maximum absolute atomic E-state index is 5.12. The maximum Gasteiger partial charge on any atom is 0.165 e. The van der Waals surface area contributed by atoms with Crippen molar-refractivity contribution in [1.82, 2.24) is 15.0 Å². The molecule has 0 fully saturated rings. The molecule has 5 aromatic carbocycles. The van der Waals surface area contributed by atoms with Crippen LogP contribution in [0.15, 0.2) is 144 Å². The molecule has 4 aromatic heterocycles. The summed E-state index contributed by atoms with van der Waals surface area (Å²) in [4.78, 5) is 15.2. The average Bonchev–Trinajstić information content (AvgIpc) is 3.92. The van der Waals surface area contributed by atoms with Gasteiger partial charge in [0.05, 0.1) is 8.03 Å². The molecule has 1 unspecified atom stereocenters. The Labute approximate surface area is 289 Å². The molecular weight excluding hydrogens is 643 g/mol. The van der Waals surface area contributed by atoms with E-state index < -0.39 is 0 Å². The van der Waals surface area contributed by atoms with E-state index in [2.05, 4.69) is 108 Å². The number of hydrogen-bond donors (Lipinski definition) is 0. The van der Waals surface area contributed by atoms with E-state index in [0.717, 1.165) is 16.7 Å². The van der Waals surface area contributed by atoms with E-state index in [-0.39, 0.29) is 5.92 Å². The van der Waals surface area contributed by atoms with Crippen LogP contribution in [0.25, 0.3) is 75.2 Å². The highest BCUT2D eigenvalue weighted by atomic mass is 32.2. The summed E-state index contributed by atoms with van der Waals surface area (Å²) >= 11 is 5.53. The molecule has 6 heteroatoms. The maximum atomic E-state index is 5.12. The van der Waals surface area contributed by atoms with Crippen molar-refractivity contribution >= 4 is 52.8 Å². The number of aromatic nitrogens is 3. The van der Waals surface area contributed by atoms with Crippen LogP contribution in [0.5, 0.6) is 0 Å². The predicted molar refractivity (Wildman–Crippen MR) is 203 cm³/mol. The Hall–Kier alpha value is -5.27. The minimum atomic E-state index is 0.151. The third kappa shape index (κ3) is 4.41. The van der Waals surface area contributed by atoms with E-state index in [4.69, 9.17) is 15.0 Å². The van der Waals surface area contributed by atoms with Crippen molar-refractivity contribution in [3.8, 4) is 56.4 Å². The molecule has 0 bridgehead atoms. The van der Waals surface area contributed by atoms with Gasteiger partial charge < -0.3 is 0 Å². The standard InChI is InChI=1S/C42H25N3S3/c1-4-12-25(13-5-1)28-20-21-31-32(22-28)29-18-10-11-19-30(29)35(31)33-23-46-41-36(33)37-34(24-47-42(37)48-41)40-44-38(26-14-6-2-7-15-26)43-39(45-40)27-16-8-3-9-17-27/h1-24,35H. The number of thiophene rings is 3. The molecule has 10 rings (SSSR count). The lowest BCUT2D eigenvalue weighted by molar-refractivity contribution is 1.04. The molecule has 48 heavy (non-hydrogen) atoms. The zero-order valence-electron chi connectivity index (χ0n) is 25.5. The van der Waals surface area contributed by atoms with Crippen LogP contribution in [0.3, 0.4) is 0 Å². The van der Waals surface area contributed by atoms with Gasteiger partial charge in [-0.1, -0.05) is 127 Å². The second-order valence-corrected chi connectivity index (χ2v) is 15.3. The van der Waals surface area contributed by atoms with E-state index in [1.54, 1.807) is 11.3 Å².